The SMILES string of the molecule is CCN1CC(NC(=O)c2cnc3c(N(C)Cc4ccc(OC)cc4)cc(Cl)nn23)C1=O. The van der Waals surface area contributed by atoms with Gasteiger partial charge in [0.15, 0.2) is 16.5 Å². The van der Waals surface area contributed by atoms with Crippen molar-refractivity contribution in [2.75, 3.05) is 32.1 Å². The van der Waals surface area contributed by atoms with E-state index in [1.165, 1.54) is 10.7 Å². The van der Waals surface area contributed by atoms with Crippen molar-refractivity contribution in [1.29, 1.82) is 0 Å². The number of halogens is 1. The Balaban J connectivity index is 1.57. The highest BCUT2D eigenvalue weighted by atomic mass is 35.5. The summed E-state index contributed by atoms with van der Waals surface area (Å²) in [7, 11) is 3.54. The van der Waals surface area contributed by atoms with E-state index in [-0.39, 0.29) is 16.8 Å². The molecule has 2 amide bonds. The lowest BCUT2D eigenvalue weighted by Gasteiger charge is -2.37. The molecule has 1 N–H and O–H groups in total. The van der Waals surface area contributed by atoms with E-state index in [1.807, 2.05) is 43.1 Å². The van der Waals surface area contributed by atoms with E-state index in [0.29, 0.717) is 25.3 Å². The number of rotatable bonds is 7. The number of aromatic nitrogens is 3. The standard InChI is InChI=1S/C21H23ClN6O3/c1-4-27-12-15(21(27)30)24-20(29)17-10-23-19-16(9-18(22)25-28(17)19)26(2)11-13-5-7-14(31-3)8-6-13/h5-10,15H,4,11-12H2,1-3H3,(H,24,29). The molecule has 31 heavy (non-hydrogen) atoms. The first-order chi connectivity index (χ1) is 14.9. The van der Waals surface area contributed by atoms with Gasteiger partial charge in [0.25, 0.3) is 5.91 Å². The lowest BCUT2D eigenvalue weighted by molar-refractivity contribution is -0.143. The van der Waals surface area contributed by atoms with Gasteiger partial charge >= 0.3 is 0 Å². The van der Waals surface area contributed by atoms with E-state index in [9.17, 15) is 9.59 Å². The zero-order valence-corrected chi connectivity index (χ0v) is 18.3. The maximum absolute atomic E-state index is 12.8. The van der Waals surface area contributed by atoms with Crippen LogP contribution >= 0.6 is 11.6 Å². The maximum atomic E-state index is 12.8. The number of carbonyl (C=O) groups is 2. The lowest BCUT2D eigenvalue weighted by atomic mass is 10.1. The second-order valence-corrected chi connectivity index (χ2v) is 7.73. The minimum Gasteiger partial charge on any atom is -0.497 e. The molecule has 2 aromatic heterocycles. The highest BCUT2D eigenvalue weighted by Gasteiger charge is 2.37. The lowest BCUT2D eigenvalue weighted by Crippen LogP contribution is -2.63. The van der Waals surface area contributed by atoms with Crippen LogP contribution < -0.4 is 15.0 Å². The largest absolute Gasteiger partial charge is 0.497 e. The van der Waals surface area contributed by atoms with Gasteiger partial charge in [-0.2, -0.15) is 5.10 Å². The number of benzene rings is 1. The smallest absolute Gasteiger partial charge is 0.272 e. The average Bonchev–Trinajstić information content (AvgIpc) is 3.19. The van der Waals surface area contributed by atoms with Crippen molar-refractivity contribution < 1.29 is 14.3 Å². The molecule has 1 unspecified atom stereocenters. The summed E-state index contributed by atoms with van der Waals surface area (Å²) < 4.78 is 6.62. The number of likely N-dealkylation sites (N-methyl/N-ethyl adjacent to an activating group) is 1. The minimum atomic E-state index is -0.519. The third kappa shape index (κ3) is 4.00. The number of amides is 2. The van der Waals surface area contributed by atoms with Gasteiger partial charge in [0.2, 0.25) is 5.91 Å². The van der Waals surface area contributed by atoms with Crippen molar-refractivity contribution >= 4 is 34.7 Å². The maximum Gasteiger partial charge on any atom is 0.272 e. The van der Waals surface area contributed by atoms with E-state index in [4.69, 9.17) is 16.3 Å². The quantitative estimate of drug-likeness (QED) is 0.562. The number of ether oxygens (including phenoxy) is 1. The second kappa shape index (κ2) is 8.43. The Bertz CT molecular complexity index is 1130. The Labute approximate surface area is 184 Å². The van der Waals surface area contributed by atoms with Gasteiger partial charge in [-0.1, -0.05) is 23.7 Å². The number of hydrogen-bond donors (Lipinski definition) is 1. The number of likely N-dealkylation sites (tertiary alicyclic amines) is 1. The molecule has 4 rings (SSSR count). The molecule has 1 atom stereocenters. The Morgan fingerprint density at radius 3 is 2.74 bits per heavy atom. The molecule has 3 aromatic rings. The Hall–Kier alpha value is -3.33. The third-order valence-electron chi connectivity index (χ3n) is 5.34. The predicted octanol–water partition coefficient (Wildman–Crippen LogP) is 1.99. The number of hydrogen-bond acceptors (Lipinski definition) is 6. The number of carbonyl (C=O) groups excluding carboxylic acids is 2. The molecule has 1 aromatic carbocycles. The number of nitrogens with zero attached hydrogens (tertiary/aromatic N) is 5. The molecule has 0 bridgehead atoms. The summed E-state index contributed by atoms with van der Waals surface area (Å²) in [6, 6.07) is 8.96. The Kier molecular flexibility index (Phi) is 5.69. The molecular formula is C21H23ClN6O3. The van der Waals surface area contributed by atoms with Gasteiger partial charge in [0.05, 0.1) is 19.0 Å². The van der Waals surface area contributed by atoms with Gasteiger partial charge in [-0.15, -0.1) is 0 Å². The van der Waals surface area contributed by atoms with Crippen molar-refractivity contribution in [2.24, 2.45) is 0 Å². The molecule has 10 heteroatoms. The fourth-order valence-corrected chi connectivity index (χ4v) is 3.75. The fraction of sp³-hybridized carbons (Fsp3) is 0.333. The third-order valence-corrected chi connectivity index (χ3v) is 5.53. The number of nitrogens with one attached hydrogen (secondary N) is 1. The van der Waals surface area contributed by atoms with Crippen molar-refractivity contribution in [3.05, 3.63) is 52.9 Å². The Morgan fingerprint density at radius 2 is 2.10 bits per heavy atom. The molecule has 1 aliphatic rings. The highest BCUT2D eigenvalue weighted by molar-refractivity contribution is 6.29. The van der Waals surface area contributed by atoms with Crippen molar-refractivity contribution in [3.63, 3.8) is 0 Å². The second-order valence-electron chi connectivity index (χ2n) is 7.34. The molecule has 162 valence electrons. The fourth-order valence-electron chi connectivity index (χ4n) is 3.57. The van der Waals surface area contributed by atoms with Crippen LogP contribution in [0.5, 0.6) is 5.75 Å². The number of imidazole rings is 1. The number of methoxy groups -OCH3 is 1. The van der Waals surface area contributed by atoms with E-state index in [1.54, 1.807) is 18.1 Å². The monoisotopic (exact) mass is 442 g/mol. The molecular weight excluding hydrogens is 420 g/mol. The van der Waals surface area contributed by atoms with Crippen LogP contribution in [-0.2, 0) is 11.3 Å². The van der Waals surface area contributed by atoms with Crippen LogP contribution in [0.1, 0.15) is 23.0 Å². The summed E-state index contributed by atoms with van der Waals surface area (Å²) in [6.45, 7) is 3.62. The van der Waals surface area contributed by atoms with Crippen LogP contribution in [0.4, 0.5) is 5.69 Å². The van der Waals surface area contributed by atoms with Crippen molar-refractivity contribution in [1.82, 2.24) is 24.8 Å². The van der Waals surface area contributed by atoms with Crippen LogP contribution in [0, 0.1) is 0 Å². The van der Waals surface area contributed by atoms with Gasteiger partial charge in [-0.3, -0.25) is 9.59 Å². The molecule has 1 fully saturated rings. The summed E-state index contributed by atoms with van der Waals surface area (Å²) in [6.07, 6.45) is 1.44. The van der Waals surface area contributed by atoms with Crippen LogP contribution in [0.25, 0.3) is 5.65 Å². The summed E-state index contributed by atoms with van der Waals surface area (Å²) in [5, 5.41) is 7.22. The zero-order valence-electron chi connectivity index (χ0n) is 17.5. The molecule has 0 radical (unpaired) electrons. The zero-order chi connectivity index (χ0) is 22.1. The van der Waals surface area contributed by atoms with Crippen molar-refractivity contribution in [2.45, 2.75) is 19.5 Å². The normalized spacial score (nSPS) is 15.7. The van der Waals surface area contributed by atoms with Gasteiger partial charge in [0.1, 0.15) is 11.8 Å². The molecule has 0 aliphatic carbocycles. The van der Waals surface area contributed by atoms with Gasteiger partial charge in [-0.25, -0.2) is 9.50 Å². The van der Waals surface area contributed by atoms with E-state index in [0.717, 1.165) is 17.0 Å². The van der Waals surface area contributed by atoms with Crippen molar-refractivity contribution in [3.8, 4) is 5.75 Å². The molecule has 0 saturated carbocycles. The molecule has 1 aliphatic heterocycles. The van der Waals surface area contributed by atoms with Gasteiger partial charge in [-0.05, 0) is 24.6 Å². The average molecular weight is 443 g/mol. The van der Waals surface area contributed by atoms with Crippen LogP contribution in [0.3, 0.4) is 0 Å². The minimum absolute atomic E-state index is 0.0874. The van der Waals surface area contributed by atoms with Crippen LogP contribution in [0.15, 0.2) is 36.5 Å². The first-order valence-electron chi connectivity index (χ1n) is 9.89. The number of β-lactam (4-membered cyclic amide) rings is 1. The van der Waals surface area contributed by atoms with E-state index < -0.39 is 11.9 Å². The first-order valence-corrected chi connectivity index (χ1v) is 10.3. The number of anilines is 1. The number of fused-ring (bicyclic) bond motifs is 1. The summed E-state index contributed by atoms with van der Waals surface area (Å²) in [4.78, 5) is 32.8. The van der Waals surface area contributed by atoms with Crippen LogP contribution in [0.2, 0.25) is 5.15 Å². The summed E-state index contributed by atoms with van der Waals surface area (Å²) in [5.74, 6) is 0.285. The molecule has 1 saturated heterocycles. The molecule has 9 nitrogen and oxygen atoms in total. The topological polar surface area (TPSA) is 92.1 Å². The van der Waals surface area contributed by atoms with E-state index >= 15 is 0 Å². The molecule has 0 spiro atoms. The molecule has 3 heterocycles. The Morgan fingerprint density at radius 1 is 1.35 bits per heavy atom. The predicted molar refractivity (Wildman–Crippen MR) is 117 cm³/mol. The van der Waals surface area contributed by atoms with Gasteiger partial charge in [0, 0.05) is 32.7 Å². The van der Waals surface area contributed by atoms with E-state index in [2.05, 4.69) is 15.4 Å². The first kappa shape index (κ1) is 20.9. The summed E-state index contributed by atoms with van der Waals surface area (Å²) in [5.41, 5.74) is 2.52. The van der Waals surface area contributed by atoms with Gasteiger partial charge < -0.3 is 19.9 Å². The summed E-state index contributed by atoms with van der Waals surface area (Å²) >= 11 is 6.25. The van der Waals surface area contributed by atoms with Crippen LogP contribution in [-0.4, -0.2) is 64.6 Å². The highest BCUT2D eigenvalue weighted by Crippen LogP contribution is 2.25.